The molecule has 1 atom stereocenters. The van der Waals surface area contributed by atoms with E-state index in [0.717, 1.165) is 10.2 Å². The Morgan fingerprint density at radius 3 is 3.06 bits per heavy atom. The van der Waals surface area contributed by atoms with E-state index in [1.54, 1.807) is 12.4 Å². The summed E-state index contributed by atoms with van der Waals surface area (Å²) < 4.78 is 6.61. The number of hydrogen-bond acceptors (Lipinski definition) is 3. The van der Waals surface area contributed by atoms with Crippen molar-refractivity contribution in [2.75, 3.05) is 13.7 Å². The molecule has 1 aromatic rings. The summed E-state index contributed by atoms with van der Waals surface area (Å²) in [5.41, 5.74) is 0. The fourth-order valence-electron chi connectivity index (χ4n) is 1.45. The first-order valence-corrected chi connectivity index (χ1v) is 5.85. The molecule has 16 heavy (non-hydrogen) atoms. The van der Waals surface area contributed by atoms with Gasteiger partial charge in [-0.2, -0.15) is 0 Å². The van der Waals surface area contributed by atoms with Gasteiger partial charge in [-0.05, 0) is 34.3 Å². The molecule has 0 unspecified atom stereocenters. The van der Waals surface area contributed by atoms with Crippen molar-refractivity contribution in [3.63, 3.8) is 0 Å². The van der Waals surface area contributed by atoms with E-state index in [2.05, 4.69) is 31.9 Å². The Morgan fingerprint density at radius 1 is 1.44 bits per heavy atom. The first-order chi connectivity index (χ1) is 7.75. The lowest BCUT2D eigenvalue weighted by Gasteiger charge is -2.25. The topological polar surface area (TPSA) is 25.4 Å². The van der Waals surface area contributed by atoms with Crippen molar-refractivity contribution in [1.82, 2.24) is 9.88 Å². The summed E-state index contributed by atoms with van der Waals surface area (Å²) in [4.78, 5) is 6.17. The Bertz CT molecular complexity index is 417. The summed E-state index contributed by atoms with van der Waals surface area (Å²) in [6.45, 7) is 0.621. The minimum atomic E-state index is 0.281. The van der Waals surface area contributed by atoms with Crippen molar-refractivity contribution in [2.45, 2.75) is 6.04 Å². The van der Waals surface area contributed by atoms with Crippen molar-refractivity contribution in [1.29, 1.82) is 0 Å². The smallest absolute Gasteiger partial charge is 0.138 e. The van der Waals surface area contributed by atoms with Crippen LogP contribution >= 0.6 is 15.9 Å². The number of rotatable bonds is 3. The number of aromatic nitrogens is 1. The fourth-order valence-corrected chi connectivity index (χ4v) is 1.79. The molecule has 0 fully saturated rings. The summed E-state index contributed by atoms with van der Waals surface area (Å²) in [5, 5.41) is 0. The zero-order valence-electron chi connectivity index (χ0n) is 9.01. The molecule has 0 saturated carbocycles. The molecule has 2 heterocycles. The van der Waals surface area contributed by atoms with Gasteiger partial charge >= 0.3 is 0 Å². The second kappa shape index (κ2) is 5.16. The van der Waals surface area contributed by atoms with Gasteiger partial charge in [-0.15, -0.1) is 0 Å². The summed E-state index contributed by atoms with van der Waals surface area (Å²) in [7, 11) is 2.03. The molecule has 0 amide bonds. The maximum atomic E-state index is 5.68. The van der Waals surface area contributed by atoms with E-state index in [-0.39, 0.29) is 6.04 Å². The standard InChI is InChI=1S/C12H13BrN2O/c1-15-5-3-2-4-11(15)9-16-12-6-10(13)7-14-8-12/h2-8,11H,9H2,1H3/t11-/m0/s1. The molecule has 1 aromatic heterocycles. The van der Waals surface area contributed by atoms with Crippen molar-refractivity contribution in [3.05, 3.63) is 47.4 Å². The quantitative estimate of drug-likeness (QED) is 0.851. The highest BCUT2D eigenvalue weighted by molar-refractivity contribution is 9.10. The lowest BCUT2D eigenvalue weighted by atomic mass is 10.2. The van der Waals surface area contributed by atoms with Crippen molar-refractivity contribution >= 4 is 15.9 Å². The van der Waals surface area contributed by atoms with Crippen LogP contribution in [0, 0.1) is 0 Å². The highest BCUT2D eigenvalue weighted by Gasteiger charge is 2.11. The second-order valence-electron chi connectivity index (χ2n) is 3.61. The van der Waals surface area contributed by atoms with Gasteiger partial charge in [0.05, 0.1) is 12.2 Å². The normalized spacial score (nSPS) is 18.9. The van der Waals surface area contributed by atoms with Gasteiger partial charge in [0, 0.05) is 17.7 Å². The predicted octanol–water partition coefficient (Wildman–Crippen LogP) is 2.61. The molecule has 1 aliphatic rings. The molecule has 2 rings (SSSR count). The molecule has 0 aromatic carbocycles. The Labute approximate surface area is 104 Å². The monoisotopic (exact) mass is 280 g/mol. The highest BCUT2D eigenvalue weighted by atomic mass is 79.9. The minimum absolute atomic E-state index is 0.281. The van der Waals surface area contributed by atoms with Gasteiger partial charge in [0.2, 0.25) is 0 Å². The molecule has 0 spiro atoms. The lowest BCUT2D eigenvalue weighted by molar-refractivity contribution is 0.229. The van der Waals surface area contributed by atoms with Crippen LogP contribution in [0.15, 0.2) is 47.4 Å². The van der Waals surface area contributed by atoms with Gasteiger partial charge in [0.25, 0.3) is 0 Å². The highest BCUT2D eigenvalue weighted by Crippen LogP contribution is 2.17. The third-order valence-electron chi connectivity index (χ3n) is 2.39. The van der Waals surface area contributed by atoms with Crippen LogP contribution < -0.4 is 4.74 Å². The van der Waals surface area contributed by atoms with Crippen molar-refractivity contribution in [3.8, 4) is 5.75 Å². The Hall–Kier alpha value is -1.29. The Kier molecular flexibility index (Phi) is 3.62. The molecule has 0 N–H and O–H groups in total. The summed E-state index contributed by atoms with van der Waals surface area (Å²) in [6, 6.07) is 2.19. The maximum absolute atomic E-state index is 5.68. The number of pyridine rings is 1. The predicted molar refractivity (Wildman–Crippen MR) is 67.3 cm³/mol. The fraction of sp³-hybridized carbons (Fsp3) is 0.250. The van der Waals surface area contributed by atoms with E-state index in [0.29, 0.717) is 6.61 Å². The van der Waals surface area contributed by atoms with E-state index in [9.17, 15) is 0 Å². The second-order valence-corrected chi connectivity index (χ2v) is 4.52. The zero-order chi connectivity index (χ0) is 11.4. The average Bonchev–Trinajstić information content (AvgIpc) is 2.28. The van der Waals surface area contributed by atoms with E-state index < -0.39 is 0 Å². The number of nitrogens with zero attached hydrogens (tertiary/aromatic N) is 2. The number of halogens is 1. The van der Waals surface area contributed by atoms with Crippen LogP contribution in [0.5, 0.6) is 5.75 Å². The molecule has 84 valence electrons. The third-order valence-corrected chi connectivity index (χ3v) is 2.82. The van der Waals surface area contributed by atoms with Crippen LogP contribution in [0.4, 0.5) is 0 Å². The molecule has 3 nitrogen and oxygen atoms in total. The van der Waals surface area contributed by atoms with Crippen LogP contribution in [0.25, 0.3) is 0 Å². The van der Waals surface area contributed by atoms with Crippen molar-refractivity contribution < 1.29 is 4.74 Å². The van der Waals surface area contributed by atoms with Crippen LogP contribution in [-0.2, 0) is 0 Å². The maximum Gasteiger partial charge on any atom is 0.138 e. The zero-order valence-corrected chi connectivity index (χ0v) is 10.6. The summed E-state index contributed by atoms with van der Waals surface area (Å²) in [5.74, 6) is 0.783. The molecule has 0 radical (unpaired) electrons. The van der Waals surface area contributed by atoms with Gasteiger partial charge < -0.3 is 9.64 Å². The van der Waals surface area contributed by atoms with Gasteiger partial charge in [0.1, 0.15) is 12.4 Å². The molecular formula is C12H13BrN2O. The minimum Gasteiger partial charge on any atom is -0.489 e. The number of ether oxygens (including phenoxy) is 1. The first-order valence-electron chi connectivity index (χ1n) is 5.06. The molecule has 0 bridgehead atoms. The van der Waals surface area contributed by atoms with Gasteiger partial charge in [-0.1, -0.05) is 12.2 Å². The molecule has 4 heteroatoms. The SMILES string of the molecule is CN1C=CC=C[C@H]1COc1cncc(Br)c1. The summed E-state index contributed by atoms with van der Waals surface area (Å²) >= 11 is 3.36. The first kappa shape index (κ1) is 11.2. The molecule has 1 aliphatic heterocycles. The Balaban J connectivity index is 1.92. The van der Waals surface area contributed by atoms with E-state index in [4.69, 9.17) is 4.74 Å². The van der Waals surface area contributed by atoms with E-state index in [1.165, 1.54) is 0 Å². The number of likely N-dealkylation sites (N-methyl/N-ethyl adjacent to an activating group) is 1. The number of allylic oxidation sites excluding steroid dienone is 2. The van der Waals surface area contributed by atoms with Crippen LogP contribution in [0.3, 0.4) is 0 Å². The van der Waals surface area contributed by atoms with Gasteiger partial charge in [-0.3, -0.25) is 4.98 Å². The summed E-state index contributed by atoms with van der Waals surface area (Å²) in [6.07, 6.45) is 11.7. The third kappa shape index (κ3) is 2.85. The lowest BCUT2D eigenvalue weighted by Crippen LogP contribution is -2.32. The van der Waals surface area contributed by atoms with E-state index in [1.807, 2.05) is 31.5 Å². The van der Waals surface area contributed by atoms with Crippen LogP contribution in [0.2, 0.25) is 0 Å². The number of hydrogen-bond donors (Lipinski definition) is 0. The van der Waals surface area contributed by atoms with Crippen LogP contribution in [0.1, 0.15) is 0 Å². The average molecular weight is 281 g/mol. The molecule has 0 aliphatic carbocycles. The largest absolute Gasteiger partial charge is 0.489 e. The van der Waals surface area contributed by atoms with Gasteiger partial charge in [-0.25, -0.2) is 0 Å². The molecular weight excluding hydrogens is 268 g/mol. The van der Waals surface area contributed by atoms with E-state index >= 15 is 0 Å². The van der Waals surface area contributed by atoms with Gasteiger partial charge in [0.15, 0.2) is 0 Å². The molecule has 0 saturated heterocycles. The Morgan fingerprint density at radius 2 is 2.31 bits per heavy atom. The van der Waals surface area contributed by atoms with Crippen LogP contribution in [-0.4, -0.2) is 29.6 Å². The van der Waals surface area contributed by atoms with Crippen molar-refractivity contribution in [2.24, 2.45) is 0 Å².